The molecule has 1 aliphatic heterocycles. The molecule has 1 heterocycles. The lowest BCUT2D eigenvalue weighted by molar-refractivity contribution is -0.122. The number of methoxy groups -OCH3 is 2. The van der Waals surface area contributed by atoms with Gasteiger partial charge in [0.1, 0.15) is 11.5 Å². The number of carbonyl (C=O) groups is 1. The van der Waals surface area contributed by atoms with Crippen molar-refractivity contribution < 1.29 is 14.3 Å². The highest BCUT2D eigenvalue weighted by Crippen LogP contribution is 2.29. The molecule has 2 aromatic carbocycles. The highest BCUT2D eigenvalue weighted by atomic mass is 16.5. The first-order valence-electron chi connectivity index (χ1n) is 9.56. The van der Waals surface area contributed by atoms with E-state index in [1.165, 1.54) is 5.56 Å². The summed E-state index contributed by atoms with van der Waals surface area (Å²) in [5.41, 5.74) is 8.45. The Kier molecular flexibility index (Phi) is 6.54. The van der Waals surface area contributed by atoms with Crippen molar-refractivity contribution >= 4 is 5.91 Å². The minimum absolute atomic E-state index is 0.0294. The predicted octanol–water partition coefficient (Wildman–Crippen LogP) is 2.31. The Morgan fingerprint density at radius 3 is 2.61 bits per heavy atom. The lowest BCUT2D eigenvalue weighted by Gasteiger charge is -2.20. The third-order valence-electron chi connectivity index (χ3n) is 5.32. The summed E-state index contributed by atoms with van der Waals surface area (Å²) in [6, 6.07) is 15.7. The molecular weight excluding hydrogens is 354 g/mol. The Labute approximate surface area is 166 Å². The number of likely N-dealkylation sites (tertiary alicyclic amines) is 1. The zero-order valence-electron chi connectivity index (χ0n) is 16.7. The van der Waals surface area contributed by atoms with E-state index >= 15 is 0 Å². The summed E-state index contributed by atoms with van der Waals surface area (Å²) in [6.07, 6.45) is 0. The van der Waals surface area contributed by atoms with Crippen LogP contribution in [0.2, 0.25) is 0 Å². The Hall–Kier alpha value is -2.57. The van der Waals surface area contributed by atoms with Gasteiger partial charge in [-0.3, -0.25) is 9.69 Å². The molecule has 3 N–H and O–H groups in total. The van der Waals surface area contributed by atoms with Gasteiger partial charge in [-0.05, 0) is 30.7 Å². The molecule has 3 rings (SSSR count). The van der Waals surface area contributed by atoms with Gasteiger partial charge in [0.25, 0.3) is 0 Å². The molecule has 1 amide bonds. The van der Waals surface area contributed by atoms with Crippen molar-refractivity contribution in [3.63, 3.8) is 0 Å². The maximum absolute atomic E-state index is 12.6. The number of ether oxygens (including phenoxy) is 2. The van der Waals surface area contributed by atoms with Crippen LogP contribution in [0.5, 0.6) is 11.5 Å². The van der Waals surface area contributed by atoms with E-state index in [0.29, 0.717) is 13.1 Å². The molecule has 3 atom stereocenters. The average Bonchev–Trinajstić information content (AvgIpc) is 3.07. The third kappa shape index (κ3) is 4.64. The van der Waals surface area contributed by atoms with Gasteiger partial charge < -0.3 is 20.5 Å². The maximum atomic E-state index is 12.6. The van der Waals surface area contributed by atoms with E-state index in [1.807, 2.05) is 43.3 Å². The molecule has 0 spiro atoms. The molecule has 2 aromatic rings. The molecule has 1 fully saturated rings. The Balaban J connectivity index is 1.60. The number of hydrogen-bond acceptors (Lipinski definition) is 5. The van der Waals surface area contributed by atoms with E-state index < -0.39 is 0 Å². The Bertz CT molecular complexity index is 797. The van der Waals surface area contributed by atoms with Gasteiger partial charge >= 0.3 is 0 Å². The first-order valence-corrected chi connectivity index (χ1v) is 9.56. The number of nitrogens with two attached hydrogens (primary N) is 1. The number of rotatable bonds is 7. The van der Waals surface area contributed by atoms with Crippen molar-refractivity contribution in [2.45, 2.75) is 24.9 Å². The molecule has 0 radical (unpaired) electrons. The third-order valence-corrected chi connectivity index (χ3v) is 5.32. The number of carbonyl (C=O) groups excluding carboxylic acids is 1. The lowest BCUT2D eigenvalue weighted by Crippen LogP contribution is -2.38. The van der Waals surface area contributed by atoms with Crippen molar-refractivity contribution in [1.82, 2.24) is 10.2 Å². The van der Waals surface area contributed by atoms with Gasteiger partial charge in [-0.2, -0.15) is 0 Å². The molecule has 6 nitrogen and oxygen atoms in total. The fourth-order valence-electron chi connectivity index (χ4n) is 3.84. The Morgan fingerprint density at radius 2 is 1.93 bits per heavy atom. The van der Waals surface area contributed by atoms with Gasteiger partial charge in [0.05, 0.1) is 26.8 Å². The first kappa shape index (κ1) is 20.2. The van der Waals surface area contributed by atoms with Crippen LogP contribution in [0.15, 0.2) is 48.5 Å². The SMILES string of the molecule is COc1ccc(OC)c(C(C)NC(=O)CN2C[C@@H](N)[C@H](c3ccccc3)C2)c1. The molecule has 0 aromatic heterocycles. The van der Waals surface area contributed by atoms with Crippen molar-refractivity contribution in [2.24, 2.45) is 5.73 Å². The van der Waals surface area contributed by atoms with E-state index in [1.54, 1.807) is 14.2 Å². The second-order valence-corrected chi connectivity index (χ2v) is 7.27. The van der Waals surface area contributed by atoms with Gasteiger partial charge in [0, 0.05) is 30.6 Å². The minimum Gasteiger partial charge on any atom is -0.497 e. The molecular formula is C22H29N3O3. The molecule has 1 aliphatic rings. The van der Waals surface area contributed by atoms with Crippen LogP contribution in [0.4, 0.5) is 0 Å². The first-order chi connectivity index (χ1) is 13.5. The normalized spacial score (nSPS) is 20.6. The highest BCUT2D eigenvalue weighted by molar-refractivity contribution is 5.78. The second kappa shape index (κ2) is 9.08. The summed E-state index contributed by atoms with van der Waals surface area (Å²) in [5, 5.41) is 3.06. The predicted molar refractivity (Wildman–Crippen MR) is 110 cm³/mol. The highest BCUT2D eigenvalue weighted by Gasteiger charge is 2.32. The van der Waals surface area contributed by atoms with Gasteiger partial charge in [0.15, 0.2) is 0 Å². The number of benzene rings is 2. The summed E-state index contributed by atoms with van der Waals surface area (Å²) >= 11 is 0. The van der Waals surface area contributed by atoms with Gasteiger partial charge in [-0.15, -0.1) is 0 Å². The minimum atomic E-state index is -0.196. The number of nitrogens with one attached hydrogen (secondary N) is 1. The maximum Gasteiger partial charge on any atom is 0.234 e. The number of hydrogen-bond donors (Lipinski definition) is 2. The smallest absolute Gasteiger partial charge is 0.234 e. The van der Waals surface area contributed by atoms with Crippen molar-refractivity contribution in [1.29, 1.82) is 0 Å². The van der Waals surface area contributed by atoms with Gasteiger partial charge in [-0.1, -0.05) is 30.3 Å². The van der Waals surface area contributed by atoms with E-state index in [9.17, 15) is 4.79 Å². The summed E-state index contributed by atoms with van der Waals surface area (Å²) < 4.78 is 10.7. The molecule has 1 saturated heterocycles. The van der Waals surface area contributed by atoms with Crippen LogP contribution in [0.1, 0.15) is 30.0 Å². The summed E-state index contributed by atoms with van der Waals surface area (Å²) in [7, 11) is 3.24. The average molecular weight is 383 g/mol. The molecule has 150 valence electrons. The Morgan fingerprint density at radius 1 is 1.18 bits per heavy atom. The van der Waals surface area contributed by atoms with Crippen molar-refractivity contribution in [3.05, 3.63) is 59.7 Å². The quantitative estimate of drug-likeness (QED) is 0.767. The monoisotopic (exact) mass is 383 g/mol. The second-order valence-electron chi connectivity index (χ2n) is 7.27. The standard InChI is InChI=1S/C22H29N3O3/c1-15(18-11-17(27-2)9-10-21(18)28-3)24-22(26)14-25-12-19(20(23)13-25)16-7-5-4-6-8-16/h4-11,15,19-20H,12-14,23H2,1-3H3,(H,24,26)/t15?,19-,20+/m0/s1. The zero-order valence-corrected chi connectivity index (χ0v) is 16.7. The molecule has 0 aliphatic carbocycles. The zero-order chi connectivity index (χ0) is 20.1. The lowest BCUT2D eigenvalue weighted by atomic mass is 9.95. The van der Waals surface area contributed by atoms with Crippen LogP contribution in [0, 0.1) is 0 Å². The summed E-state index contributed by atoms with van der Waals surface area (Å²) in [4.78, 5) is 14.7. The van der Waals surface area contributed by atoms with Gasteiger partial charge in [0.2, 0.25) is 5.91 Å². The molecule has 28 heavy (non-hydrogen) atoms. The van der Waals surface area contributed by atoms with Crippen LogP contribution >= 0.6 is 0 Å². The van der Waals surface area contributed by atoms with E-state index in [-0.39, 0.29) is 23.9 Å². The topological polar surface area (TPSA) is 76.8 Å². The van der Waals surface area contributed by atoms with Crippen LogP contribution < -0.4 is 20.5 Å². The molecule has 6 heteroatoms. The van der Waals surface area contributed by atoms with Crippen molar-refractivity contribution in [2.75, 3.05) is 33.9 Å². The fraction of sp³-hybridized carbons (Fsp3) is 0.409. The summed E-state index contributed by atoms with van der Waals surface area (Å²) in [5.74, 6) is 1.68. The van der Waals surface area contributed by atoms with Crippen LogP contribution in [-0.4, -0.2) is 50.7 Å². The van der Waals surface area contributed by atoms with Crippen LogP contribution in [0.3, 0.4) is 0 Å². The van der Waals surface area contributed by atoms with Crippen molar-refractivity contribution in [3.8, 4) is 11.5 Å². The van der Waals surface area contributed by atoms with E-state index in [4.69, 9.17) is 15.2 Å². The molecule has 0 bridgehead atoms. The molecule has 1 unspecified atom stereocenters. The molecule has 0 saturated carbocycles. The number of nitrogens with zero attached hydrogens (tertiary/aromatic N) is 1. The largest absolute Gasteiger partial charge is 0.497 e. The van der Waals surface area contributed by atoms with Gasteiger partial charge in [-0.25, -0.2) is 0 Å². The summed E-state index contributed by atoms with van der Waals surface area (Å²) in [6.45, 7) is 3.77. The number of amides is 1. The van der Waals surface area contributed by atoms with Crippen LogP contribution in [-0.2, 0) is 4.79 Å². The fourth-order valence-corrected chi connectivity index (χ4v) is 3.84. The van der Waals surface area contributed by atoms with Crippen LogP contribution in [0.25, 0.3) is 0 Å². The van der Waals surface area contributed by atoms with E-state index in [2.05, 4.69) is 22.3 Å². The van der Waals surface area contributed by atoms with E-state index in [0.717, 1.165) is 23.6 Å².